The van der Waals surface area contributed by atoms with Crippen molar-refractivity contribution in [2.45, 2.75) is 12.8 Å². The SMILES string of the molecule is C[N+](C)(C)c1ccc(NC(=O)ON2C(=O)CCC2=O)cc1.[I-]. The summed E-state index contributed by atoms with van der Waals surface area (Å²) in [6.45, 7) is 0. The van der Waals surface area contributed by atoms with Crippen molar-refractivity contribution < 1.29 is 43.2 Å². The molecule has 3 amide bonds. The van der Waals surface area contributed by atoms with Crippen LogP contribution >= 0.6 is 0 Å². The first kappa shape index (κ1) is 18.4. The van der Waals surface area contributed by atoms with Crippen molar-refractivity contribution >= 4 is 29.3 Å². The summed E-state index contributed by atoms with van der Waals surface area (Å²) < 4.78 is 0.654. The van der Waals surface area contributed by atoms with E-state index in [0.717, 1.165) is 5.69 Å². The number of imide groups is 1. The van der Waals surface area contributed by atoms with Crippen molar-refractivity contribution in [2.75, 3.05) is 26.5 Å². The summed E-state index contributed by atoms with van der Waals surface area (Å²) in [5.41, 5.74) is 1.59. The Hall–Kier alpha value is -1.68. The first-order valence-electron chi connectivity index (χ1n) is 6.54. The van der Waals surface area contributed by atoms with Crippen LogP contribution in [0.15, 0.2) is 24.3 Å². The number of amides is 3. The number of nitrogens with one attached hydrogen (secondary N) is 1. The summed E-state index contributed by atoms with van der Waals surface area (Å²) >= 11 is 0. The Balaban J connectivity index is 0.00000242. The van der Waals surface area contributed by atoms with Crippen LogP contribution in [-0.4, -0.2) is 44.1 Å². The lowest BCUT2D eigenvalue weighted by atomic mass is 10.2. The molecule has 1 N–H and O–H groups in total. The Labute approximate surface area is 145 Å². The standard InChI is InChI=1S/C14H17N3O4.HI/c1-17(2,3)11-6-4-10(5-7-11)15-14(20)21-16-12(18)8-9-13(16)19;/h4-7H,8-9H2,1-3H3;1H. The zero-order valence-corrected chi connectivity index (χ0v) is 14.8. The molecule has 1 aliphatic heterocycles. The summed E-state index contributed by atoms with van der Waals surface area (Å²) in [5, 5.41) is 2.98. The van der Waals surface area contributed by atoms with Gasteiger partial charge in [-0.3, -0.25) is 19.4 Å². The molecule has 0 unspecified atom stereocenters. The summed E-state index contributed by atoms with van der Waals surface area (Å²) in [6.07, 6.45) is -0.717. The number of hydroxylamine groups is 2. The molecule has 0 atom stereocenters. The lowest BCUT2D eigenvalue weighted by Crippen LogP contribution is -3.00. The highest BCUT2D eigenvalue weighted by Gasteiger charge is 2.32. The maximum absolute atomic E-state index is 11.7. The van der Waals surface area contributed by atoms with Crippen LogP contribution in [0.1, 0.15) is 12.8 Å². The van der Waals surface area contributed by atoms with E-state index in [-0.39, 0.29) is 36.8 Å². The minimum atomic E-state index is -0.864. The number of rotatable bonds is 3. The number of halogens is 1. The molecule has 1 saturated heterocycles. The van der Waals surface area contributed by atoms with E-state index in [0.29, 0.717) is 15.2 Å². The zero-order valence-electron chi connectivity index (χ0n) is 12.6. The van der Waals surface area contributed by atoms with E-state index in [9.17, 15) is 14.4 Å². The Kier molecular flexibility index (Phi) is 5.89. The van der Waals surface area contributed by atoms with Gasteiger partial charge in [-0.15, -0.1) is 5.06 Å². The molecular weight excluding hydrogens is 401 g/mol. The number of nitrogens with zero attached hydrogens (tertiary/aromatic N) is 2. The Morgan fingerprint density at radius 2 is 1.59 bits per heavy atom. The Morgan fingerprint density at radius 1 is 1.09 bits per heavy atom. The molecule has 1 aromatic rings. The van der Waals surface area contributed by atoms with Crippen LogP contribution in [-0.2, 0) is 14.4 Å². The first-order valence-corrected chi connectivity index (χ1v) is 6.54. The molecule has 1 fully saturated rings. The minimum absolute atomic E-state index is 0. The number of hydrogen-bond acceptors (Lipinski definition) is 4. The molecule has 0 aliphatic carbocycles. The molecule has 120 valence electrons. The molecular formula is C14H18IN3O4. The van der Waals surface area contributed by atoms with E-state index in [1.165, 1.54) is 0 Å². The highest BCUT2D eigenvalue weighted by Crippen LogP contribution is 2.20. The van der Waals surface area contributed by atoms with Crippen LogP contribution in [0.5, 0.6) is 0 Å². The van der Waals surface area contributed by atoms with Crippen LogP contribution < -0.4 is 33.8 Å². The van der Waals surface area contributed by atoms with E-state index in [1.807, 2.05) is 33.3 Å². The monoisotopic (exact) mass is 419 g/mol. The average Bonchev–Trinajstić information content (AvgIpc) is 2.70. The van der Waals surface area contributed by atoms with Gasteiger partial charge in [0.25, 0.3) is 11.8 Å². The van der Waals surface area contributed by atoms with Crippen LogP contribution in [0.4, 0.5) is 16.2 Å². The molecule has 22 heavy (non-hydrogen) atoms. The van der Waals surface area contributed by atoms with Gasteiger partial charge in [0.2, 0.25) is 0 Å². The van der Waals surface area contributed by atoms with E-state index in [2.05, 4.69) is 5.32 Å². The summed E-state index contributed by atoms with van der Waals surface area (Å²) in [7, 11) is 6.09. The van der Waals surface area contributed by atoms with Crippen molar-refractivity contribution in [3.8, 4) is 0 Å². The number of benzene rings is 1. The summed E-state index contributed by atoms with van der Waals surface area (Å²) in [5.74, 6) is -1.01. The molecule has 7 nitrogen and oxygen atoms in total. The van der Waals surface area contributed by atoms with Crippen molar-refractivity contribution in [3.05, 3.63) is 24.3 Å². The fourth-order valence-electron chi connectivity index (χ4n) is 1.87. The number of anilines is 1. The highest BCUT2D eigenvalue weighted by atomic mass is 127. The van der Waals surface area contributed by atoms with Crippen LogP contribution in [0.3, 0.4) is 0 Å². The smallest absolute Gasteiger partial charge is 0.436 e. The van der Waals surface area contributed by atoms with Gasteiger partial charge in [0.15, 0.2) is 0 Å². The van der Waals surface area contributed by atoms with Crippen molar-refractivity contribution in [3.63, 3.8) is 0 Å². The molecule has 1 heterocycles. The number of carbonyl (C=O) groups is 3. The van der Waals surface area contributed by atoms with Gasteiger partial charge < -0.3 is 28.8 Å². The van der Waals surface area contributed by atoms with Crippen LogP contribution in [0, 0.1) is 0 Å². The molecule has 0 radical (unpaired) electrons. The Morgan fingerprint density at radius 3 is 2.05 bits per heavy atom. The average molecular weight is 419 g/mol. The molecule has 1 aromatic carbocycles. The van der Waals surface area contributed by atoms with Gasteiger partial charge in [-0.05, 0) is 12.1 Å². The van der Waals surface area contributed by atoms with E-state index >= 15 is 0 Å². The summed E-state index contributed by atoms with van der Waals surface area (Å²) in [4.78, 5) is 39.0. The zero-order chi connectivity index (χ0) is 15.6. The molecule has 0 saturated carbocycles. The van der Waals surface area contributed by atoms with Crippen molar-refractivity contribution in [2.24, 2.45) is 0 Å². The van der Waals surface area contributed by atoms with Gasteiger partial charge in [0.1, 0.15) is 5.69 Å². The van der Waals surface area contributed by atoms with Gasteiger partial charge in [0, 0.05) is 30.7 Å². The molecule has 0 spiro atoms. The minimum Gasteiger partial charge on any atom is -1.00 e. The second kappa shape index (κ2) is 7.05. The second-order valence-electron chi connectivity index (χ2n) is 5.64. The quantitative estimate of drug-likeness (QED) is 0.368. The number of carbonyl (C=O) groups excluding carboxylic acids is 3. The van der Waals surface area contributed by atoms with E-state index in [1.54, 1.807) is 12.1 Å². The molecule has 0 aromatic heterocycles. The van der Waals surface area contributed by atoms with Gasteiger partial charge >= 0.3 is 6.09 Å². The predicted octanol–water partition coefficient (Wildman–Crippen LogP) is -1.50. The third-order valence-corrected chi connectivity index (χ3v) is 3.07. The maximum Gasteiger partial charge on any atom is 0.436 e. The maximum atomic E-state index is 11.7. The highest BCUT2D eigenvalue weighted by molar-refractivity contribution is 6.02. The number of hydrogen-bond donors (Lipinski definition) is 1. The molecule has 8 heteroatoms. The third kappa shape index (κ3) is 4.41. The lowest BCUT2D eigenvalue weighted by molar-refractivity contribution is -0.170. The number of quaternary nitrogens is 1. The third-order valence-electron chi connectivity index (χ3n) is 3.07. The van der Waals surface area contributed by atoms with Crippen molar-refractivity contribution in [1.29, 1.82) is 0 Å². The topological polar surface area (TPSA) is 75.7 Å². The normalized spacial score (nSPS) is 14.6. The fourth-order valence-corrected chi connectivity index (χ4v) is 1.87. The largest absolute Gasteiger partial charge is 1.00 e. The lowest BCUT2D eigenvalue weighted by Gasteiger charge is -2.23. The second-order valence-corrected chi connectivity index (χ2v) is 5.64. The van der Waals surface area contributed by atoms with Crippen molar-refractivity contribution in [1.82, 2.24) is 9.55 Å². The first-order chi connectivity index (χ1) is 9.77. The fraction of sp³-hybridized carbons (Fsp3) is 0.357. The van der Waals surface area contributed by atoms with Crippen LogP contribution in [0.25, 0.3) is 0 Å². The van der Waals surface area contributed by atoms with Gasteiger partial charge in [-0.25, -0.2) is 4.79 Å². The van der Waals surface area contributed by atoms with Gasteiger partial charge in [0.05, 0.1) is 21.1 Å². The molecule has 0 bridgehead atoms. The van der Waals surface area contributed by atoms with Gasteiger partial charge in [-0.1, -0.05) is 0 Å². The molecule has 1 aliphatic rings. The van der Waals surface area contributed by atoms with E-state index < -0.39 is 17.9 Å². The van der Waals surface area contributed by atoms with Crippen LogP contribution in [0.2, 0.25) is 0 Å². The molecule has 2 rings (SSSR count). The predicted molar refractivity (Wildman–Crippen MR) is 77.2 cm³/mol. The van der Waals surface area contributed by atoms with E-state index in [4.69, 9.17) is 4.84 Å². The Bertz CT molecular complexity index is 565. The van der Waals surface area contributed by atoms with Gasteiger partial charge in [-0.2, -0.15) is 0 Å². The summed E-state index contributed by atoms with van der Waals surface area (Å²) in [6, 6.07) is 7.21.